The number of urea groups is 1. The van der Waals surface area contributed by atoms with E-state index in [1.807, 2.05) is 72.8 Å². The number of fused-ring (bicyclic) bond motifs is 2. The van der Waals surface area contributed by atoms with Crippen LogP contribution >= 0.6 is 0 Å². The molecule has 0 aromatic heterocycles. The first kappa shape index (κ1) is 19.7. The van der Waals surface area contributed by atoms with Crippen LogP contribution in [0, 0.1) is 0 Å². The van der Waals surface area contributed by atoms with Gasteiger partial charge in [0.05, 0.1) is 11.4 Å². The number of para-hydroxylation sites is 2. The van der Waals surface area contributed by atoms with E-state index < -0.39 is 24.2 Å². The van der Waals surface area contributed by atoms with Crippen molar-refractivity contribution in [2.45, 2.75) is 18.6 Å². The SMILES string of the molecule is CO[C@H](C(=O)O[C@H]1Cc2ccccc2N(C(N)=O)c2ccccc21)c1ccccc1. The summed E-state index contributed by atoms with van der Waals surface area (Å²) >= 11 is 0. The van der Waals surface area contributed by atoms with Gasteiger partial charge >= 0.3 is 12.0 Å². The summed E-state index contributed by atoms with van der Waals surface area (Å²) in [5, 5.41) is 0. The predicted octanol–water partition coefficient (Wildman–Crippen LogP) is 4.43. The summed E-state index contributed by atoms with van der Waals surface area (Å²) in [5.41, 5.74) is 9.29. The van der Waals surface area contributed by atoms with E-state index in [0.29, 0.717) is 28.9 Å². The highest BCUT2D eigenvalue weighted by molar-refractivity contribution is 6.00. The molecule has 0 saturated carbocycles. The molecule has 1 heterocycles. The number of amides is 2. The topological polar surface area (TPSA) is 81.9 Å². The number of nitrogens with two attached hydrogens (primary N) is 1. The van der Waals surface area contributed by atoms with Gasteiger partial charge in [0.2, 0.25) is 0 Å². The Morgan fingerprint density at radius 1 is 0.933 bits per heavy atom. The van der Waals surface area contributed by atoms with Crippen molar-refractivity contribution < 1.29 is 19.1 Å². The van der Waals surface area contributed by atoms with E-state index in [-0.39, 0.29) is 0 Å². The zero-order valence-corrected chi connectivity index (χ0v) is 16.5. The molecule has 3 aromatic rings. The maximum atomic E-state index is 13.0. The molecule has 0 spiro atoms. The Kier molecular flexibility index (Phi) is 5.50. The lowest BCUT2D eigenvalue weighted by atomic mass is 10.0. The summed E-state index contributed by atoms with van der Waals surface area (Å²) < 4.78 is 11.4. The van der Waals surface area contributed by atoms with Crippen LogP contribution in [-0.2, 0) is 20.7 Å². The Morgan fingerprint density at radius 2 is 1.57 bits per heavy atom. The maximum absolute atomic E-state index is 13.0. The number of hydrogen-bond acceptors (Lipinski definition) is 4. The molecule has 6 nitrogen and oxygen atoms in total. The van der Waals surface area contributed by atoms with Crippen LogP contribution in [-0.4, -0.2) is 19.1 Å². The van der Waals surface area contributed by atoms with Crippen LogP contribution in [0.1, 0.15) is 28.9 Å². The van der Waals surface area contributed by atoms with Crippen LogP contribution < -0.4 is 10.6 Å². The summed E-state index contributed by atoms with van der Waals surface area (Å²) in [6.07, 6.45) is -1.03. The largest absolute Gasteiger partial charge is 0.455 e. The second-order valence-electron chi connectivity index (χ2n) is 7.02. The minimum Gasteiger partial charge on any atom is -0.455 e. The molecule has 152 valence electrons. The van der Waals surface area contributed by atoms with Crippen LogP contribution in [0.3, 0.4) is 0 Å². The van der Waals surface area contributed by atoms with Crippen molar-refractivity contribution in [1.29, 1.82) is 0 Å². The zero-order chi connectivity index (χ0) is 21.1. The van der Waals surface area contributed by atoms with Gasteiger partial charge in [0, 0.05) is 19.1 Å². The molecule has 1 aliphatic heterocycles. The minimum absolute atomic E-state index is 0.411. The molecule has 0 unspecified atom stereocenters. The van der Waals surface area contributed by atoms with Crippen molar-refractivity contribution in [3.8, 4) is 0 Å². The number of benzene rings is 3. The number of ether oxygens (including phenoxy) is 2. The monoisotopic (exact) mass is 402 g/mol. The fraction of sp³-hybridized carbons (Fsp3) is 0.167. The lowest BCUT2D eigenvalue weighted by Gasteiger charge is -2.24. The summed E-state index contributed by atoms with van der Waals surface area (Å²) in [7, 11) is 1.48. The first-order valence-electron chi connectivity index (χ1n) is 9.64. The molecule has 6 heteroatoms. The van der Waals surface area contributed by atoms with E-state index in [1.54, 1.807) is 6.07 Å². The smallest absolute Gasteiger partial charge is 0.340 e. The van der Waals surface area contributed by atoms with Gasteiger partial charge in [0.15, 0.2) is 6.10 Å². The fourth-order valence-corrected chi connectivity index (χ4v) is 3.85. The standard InChI is InChI=1S/C24H22N2O4/c1-29-22(16-9-3-2-4-10-16)23(27)30-21-15-17-11-5-7-13-19(17)26(24(25)28)20-14-8-6-12-18(20)21/h2-14,21-22H,15H2,1H3,(H2,25,28)/t21-,22-/m0/s1. The van der Waals surface area contributed by atoms with E-state index in [1.165, 1.54) is 12.0 Å². The molecule has 4 rings (SSSR count). The van der Waals surface area contributed by atoms with Gasteiger partial charge in [-0.3, -0.25) is 4.90 Å². The second-order valence-corrected chi connectivity index (χ2v) is 7.02. The van der Waals surface area contributed by atoms with E-state index in [0.717, 1.165) is 5.56 Å². The first-order chi connectivity index (χ1) is 14.6. The number of primary amides is 1. The molecular weight excluding hydrogens is 380 g/mol. The van der Waals surface area contributed by atoms with E-state index >= 15 is 0 Å². The lowest BCUT2D eigenvalue weighted by Crippen LogP contribution is -2.32. The second kappa shape index (κ2) is 8.39. The Balaban J connectivity index is 1.74. The molecule has 0 saturated heterocycles. The van der Waals surface area contributed by atoms with Gasteiger partial charge in [-0.2, -0.15) is 0 Å². The van der Waals surface area contributed by atoms with E-state index in [2.05, 4.69) is 0 Å². The average molecular weight is 402 g/mol. The average Bonchev–Trinajstić information content (AvgIpc) is 2.89. The predicted molar refractivity (Wildman–Crippen MR) is 113 cm³/mol. The molecule has 2 atom stereocenters. The Bertz CT molecular complexity index is 1070. The van der Waals surface area contributed by atoms with Crippen molar-refractivity contribution in [3.05, 3.63) is 95.6 Å². The van der Waals surface area contributed by atoms with Gasteiger partial charge in [-0.25, -0.2) is 9.59 Å². The third kappa shape index (κ3) is 3.65. The van der Waals surface area contributed by atoms with Crippen LogP contribution in [0.15, 0.2) is 78.9 Å². The molecule has 0 bridgehead atoms. The molecular formula is C24H22N2O4. The zero-order valence-electron chi connectivity index (χ0n) is 16.5. The van der Waals surface area contributed by atoms with Crippen LogP contribution in [0.2, 0.25) is 0 Å². The summed E-state index contributed by atoms with van der Waals surface area (Å²) in [6, 6.07) is 23.4. The van der Waals surface area contributed by atoms with E-state index in [4.69, 9.17) is 15.2 Å². The summed E-state index contributed by atoms with van der Waals surface area (Å²) in [6.45, 7) is 0. The number of hydrogen-bond donors (Lipinski definition) is 1. The highest BCUT2D eigenvalue weighted by Crippen LogP contribution is 2.41. The van der Waals surface area contributed by atoms with Crippen molar-refractivity contribution in [3.63, 3.8) is 0 Å². The van der Waals surface area contributed by atoms with Gasteiger partial charge in [0.1, 0.15) is 6.10 Å². The lowest BCUT2D eigenvalue weighted by molar-refractivity contribution is -0.161. The van der Waals surface area contributed by atoms with Crippen molar-refractivity contribution >= 4 is 23.4 Å². The first-order valence-corrected chi connectivity index (χ1v) is 9.64. The number of carbonyl (C=O) groups excluding carboxylic acids is 2. The Morgan fingerprint density at radius 3 is 2.27 bits per heavy atom. The van der Waals surface area contributed by atoms with Crippen LogP contribution in [0.25, 0.3) is 0 Å². The number of methoxy groups -OCH3 is 1. The fourth-order valence-electron chi connectivity index (χ4n) is 3.85. The Labute approximate surface area is 174 Å². The normalized spacial score (nSPS) is 16.0. The number of nitrogens with zero attached hydrogens (tertiary/aromatic N) is 1. The molecule has 0 aliphatic carbocycles. The van der Waals surface area contributed by atoms with Crippen molar-refractivity contribution in [1.82, 2.24) is 0 Å². The molecule has 0 radical (unpaired) electrons. The number of esters is 1. The highest BCUT2D eigenvalue weighted by atomic mass is 16.6. The third-order valence-corrected chi connectivity index (χ3v) is 5.19. The van der Waals surface area contributed by atoms with E-state index in [9.17, 15) is 9.59 Å². The van der Waals surface area contributed by atoms with Crippen LogP contribution in [0.5, 0.6) is 0 Å². The summed E-state index contributed by atoms with van der Waals surface area (Å²) in [4.78, 5) is 26.8. The number of rotatable bonds is 4. The van der Waals surface area contributed by atoms with Crippen LogP contribution in [0.4, 0.5) is 16.2 Å². The van der Waals surface area contributed by atoms with Crippen molar-refractivity contribution in [2.75, 3.05) is 12.0 Å². The van der Waals surface area contributed by atoms with Gasteiger partial charge in [0.25, 0.3) is 0 Å². The molecule has 30 heavy (non-hydrogen) atoms. The third-order valence-electron chi connectivity index (χ3n) is 5.19. The van der Waals surface area contributed by atoms with Crippen molar-refractivity contribution in [2.24, 2.45) is 5.73 Å². The number of carbonyl (C=O) groups is 2. The molecule has 3 aromatic carbocycles. The molecule has 2 N–H and O–H groups in total. The molecule has 0 fully saturated rings. The molecule has 1 aliphatic rings. The highest BCUT2D eigenvalue weighted by Gasteiger charge is 2.33. The van der Waals surface area contributed by atoms with Gasteiger partial charge in [-0.1, -0.05) is 66.7 Å². The quantitative estimate of drug-likeness (QED) is 0.655. The number of anilines is 2. The van der Waals surface area contributed by atoms with Gasteiger partial charge in [-0.15, -0.1) is 0 Å². The minimum atomic E-state index is -0.843. The van der Waals surface area contributed by atoms with Gasteiger partial charge in [-0.05, 0) is 23.3 Å². The molecule has 2 amide bonds. The summed E-state index contributed by atoms with van der Waals surface area (Å²) in [5.74, 6) is -0.492. The Hall–Kier alpha value is -3.64. The van der Waals surface area contributed by atoms with Gasteiger partial charge < -0.3 is 15.2 Å². The maximum Gasteiger partial charge on any atom is 0.340 e.